The van der Waals surface area contributed by atoms with Gasteiger partial charge in [0.2, 0.25) is 0 Å². The molecule has 5 heteroatoms. The first kappa shape index (κ1) is 21.6. The summed E-state index contributed by atoms with van der Waals surface area (Å²) in [5.41, 5.74) is 2.27. The number of carbonyl (C=O) groups is 2. The minimum Gasteiger partial charge on any atom is -0.352 e. The number of rotatable bonds is 5. The predicted molar refractivity (Wildman–Crippen MR) is 130 cm³/mol. The molecule has 2 fully saturated rings. The Bertz CT molecular complexity index is 1140. The average Bonchev–Trinajstić information content (AvgIpc) is 2.88. The lowest BCUT2D eigenvalue weighted by Gasteiger charge is -2.44. The first-order valence-corrected chi connectivity index (χ1v) is 12.2. The Balaban J connectivity index is 1.37. The molecule has 2 aromatic carbocycles. The van der Waals surface area contributed by atoms with Crippen LogP contribution >= 0.6 is 0 Å². The lowest BCUT2D eigenvalue weighted by molar-refractivity contribution is 0.0392. The molecular weight excluding hydrogens is 410 g/mol. The third-order valence-electron chi connectivity index (χ3n) is 7.30. The normalized spacial score (nSPS) is 20.3. The second kappa shape index (κ2) is 9.74. The zero-order chi connectivity index (χ0) is 22.6. The minimum atomic E-state index is -0.119. The number of nitrogens with zero attached hydrogens (tertiary/aromatic N) is 2. The summed E-state index contributed by atoms with van der Waals surface area (Å²) in [6.45, 7) is 1.35. The van der Waals surface area contributed by atoms with Gasteiger partial charge in [-0.25, -0.2) is 0 Å². The highest BCUT2D eigenvalue weighted by Gasteiger charge is 2.36. The molecule has 1 saturated carbocycles. The van der Waals surface area contributed by atoms with Gasteiger partial charge in [0.15, 0.2) is 0 Å². The van der Waals surface area contributed by atoms with Crippen LogP contribution in [-0.2, 0) is 6.42 Å². The number of likely N-dealkylation sites (tertiary alicyclic amines) is 1. The number of hydrogen-bond acceptors (Lipinski definition) is 3. The van der Waals surface area contributed by atoms with E-state index >= 15 is 0 Å². The number of pyridine rings is 1. The van der Waals surface area contributed by atoms with Crippen LogP contribution in [0.4, 0.5) is 0 Å². The van der Waals surface area contributed by atoms with Crippen LogP contribution in [0.1, 0.15) is 64.9 Å². The quantitative estimate of drug-likeness (QED) is 0.606. The summed E-state index contributed by atoms with van der Waals surface area (Å²) >= 11 is 0. The van der Waals surface area contributed by atoms with Gasteiger partial charge in [-0.1, -0.05) is 43.2 Å². The first-order valence-electron chi connectivity index (χ1n) is 12.2. The first-order chi connectivity index (χ1) is 16.2. The minimum absolute atomic E-state index is 0.116. The van der Waals surface area contributed by atoms with E-state index in [4.69, 9.17) is 0 Å². The Morgan fingerprint density at radius 2 is 1.61 bits per heavy atom. The van der Waals surface area contributed by atoms with Gasteiger partial charge < -0.3 is 10.2 Å². The summed E-state index contributed by atoms with van der Waals surface area (Å²) in [7, 11) is 0. The molecule has 2 heterocycles. The number of piperidine rings is 1. The lowest BCUT2D eigenvalue weighted by atomic mass is 9.78. The van der Waals surface area contributed by atoms with Crippen LogP contribution in [0.3, 0.4) is 0 Å². The van der Waals surface area contributed by atoms with Gasteiger partial charge in [0.1, 0.15) is 0 Å². The molecule has 0 unspecified atom stereocenters. The third-order valence-corrected chi connectivity index (χ3v) is 7.30. The fourth-order valence-corrected chi connectivity index (χ4v) is 5.66. The van der Waals surface area contributed by atoms with Gasteiger partial charge >= 0.3 is 0 Å². The summed E-state index contributed by atoms with van der Waals surface area (Å²) in [5, 5.41) is 4.70. The Morgan fingerprint density at radius 3 is 2.42 bits per heavy atom. The highest BCUT2D eigenvalue weighted by Crippen LogP contribution is 2.36. The summed E-state index contributed by atoms with van der Waals surface area (Å²) in [5.74, 6) is 0.642. The molecule has 2 atom stereocenters. The van der Waals surface area contributed by atoms with Crippen LogP contribution in [-0.4, -0.2) is 40.8 Å². The average molecular weight is 442 g/mol. The van der Waals surface area contributed by atoms with E-state index in [0.717, 1.165) is 35.9 Å². The van der Waals surface area contributed by atoms with Crippen molar-refractivity contribution in [3.05, 3.63) is 77.6 Å². The number of fused-ring (bicyclic) bond motifs is 2. The molecular formula is C28H31N3O2. The van der Waals surface area contributed by atoms with Crippen molar-refractivity contribution in [3.8, 4) is 0 Å². The summed E-state index contributed by atoms with van der Waals surface area (Å²) in [4.78, 5) is 33.1. The van der Waals surface area contributed by atoms with E-state index < -0.39 is 0 Å². The number of hydrogen-bond donors (Lipinski definition) is 1. The SMILES string of the molecule is O=C(NCCc1ccccn1)c1ccc(C(=O)N2CCC[C@@H]3CCCC[C@@H]32)c2ccccc12. The van der Waals surface area contributed by atoms with E-state index in [0.29, 0.717) is 36.1 Å². The zero-order valence-electron chi connectivity index (χ0n) is 19.0. The Hall–Kier alpha value is -3.21. The highest BCUT2D eigenvalue weighted by atomic mass is 16.2. The topological polar surface area (TPSA) is 62.3 Å². The maximum absolute atomic E-state index is 13.7. The lowest BCUT2D eigenvalue weighted by Crippen LogP contribution is -2.49. The van der Waals surface area contributed by atoms with E-state index in [1.54, 1.807) is 6.20 Å². The summed E-state index contributed by atoms with van der Waals surface area (Å²) in [6, 6.07) is 17.6. The Kier molecular flexibility index (Phi) is 6.38. The molecule has 2 amide bonds. The zero-order valence-corrected chi connectivity index (χ0v) is 19.0. The van der Waals surface area contributed by atoms with Crippen molar-refractivity contribution in [2.45, 2.75) is 51.0 Å². The molecule has 1 N–H and O–H groups in total. The number of benzene rings is 2. The van der Waals surface area contributed by atoms with Crippen LogP contribution < -0.4 is 5.32 Å². The number of aromatic nitrogens is 1. The number of amides is 2. The molecule has 0 spiro atoms. The van der Waals surface area contributed by atoms with Crippen LogP contribution in [0, 0.1) is 5.92 Å². The van der Waals surface area contributed by atoms with E-state index in [-0.39, 0.29) is 11.8 Å². The van der Waals surface area contributed by atoms with Crippen LogP contribution in [0.15, 0.2) is 60.8 Å². The number of carbonyl (C=O) groups excluding carboxylic acids is 2. The van der Waals surface area contributed by atoms with Gasteiger partial charge in [0.25, 0.3) is 11.8 Å². The Morgan fingerprint density at radius 1 is 0.879 bits per heavy atom. The molecule has 1 aliphatic heterocycles. The largest absolute Gasteiger partial charge is 0.352 e. The van der Waals surface area contributed by atoms with E-state index in [1.165, 1.54) is 25.7 Å². The van der Waals surface area contributed by atoms with Crippen molar-refractivity contribution in [2.24, 2.45) is 5.92 Å². The van der Waals surface area contributed by atoms with Crippen molar-refractivity contribution >= 4 is 22.6 Å². The summed E-state index contributed by atoms with van der Waals surface area (Å²) < 4.78 is 0. The third kappa shape index (κ3) is 4.50. The molecule has 0 bridgehead atoms. The van der Waals surface area contributed by atoms with Crippen molar-refractivity contribution in [1.29, 1.82) is 0 Å². The van der Waals surface area contributed by atoms with Gasteiger partial charge in [-0.05, 0) is 66.6 Å². The molecule has 170 valence electrons. The smallest absolute Gasteiger partial charge is 0.254 e. The molecule has 0 radical (unpaired) electrons. The van der Waals surface area contributed by atoms with Gasteiger partial charge in [0.05, 0.1) is 0 Å². The van der Waals surface area contributed by atoms with Crippen molar-refractivity contribution in [3.63, 3.8) is 0 Å². The van der Waals surface area contributed by atoms with E-state index in [2.05, 4.69) is 15.2 Å². The van der Waals surface area contributed by atoms with E-state index in [9.17, 15) is 9.59 Å². The van der Waals surface area contributed by atoms with Gasteiger partial charge in [0, 0.05) is 48.6 Å². The standard InChI is InChI=1S/C28H31N3O2/c32-27(30-18-16-21-10-5-6-17-29-21)24-14-15-25(23-12-3-2-11-22(23)24)28(33)31-19-7-9-20-8-1-4-13-26(20)31/h2-3,5-6,10-12,14-15,17,20,26H,1,4,7-9,13,16,18-19H2,(H,30,32)/t20-,26-/m0/s1. The second-order valence-electron chi connectivity index (χ2n) is 9.29. The molecule has 1 aliphatic carbocycles. The van der Waals surface area contributed by atoms with Gasteiger partial charge in [-0.15, -0.1) is 0 Å². The highest BCUT2D eigenvalue weighted by molar-refractivity contribution is 6.14. The predicted octanol–water partition coefficient (Wildman–Crippen LogP) is 5.00. The Labute approximate surface area is 195 Å². The molecule has 5 rings (SSSR count). The summed E-state index contributed by atoms with van der Waals surface area (Å²) in [6.07, 6.45) is 9.63. The van der Waals surface area contributed by atoms with Gasteiger partial charge in [-0.2, -0.15) is 0 Å². The molecule has 5 nitrogen and oxygen atoms in total. The van der Waals surface area contributed by atoms with Crippen LogP contribution in [0.2, 0.25) is 0 Å². The second-order valence-corrected chi connectivity index (χ2v) is 9.29. The fourth-order valence-electron chi connectivity index (χ4n) is 5.66. The van der Waals surface area contributed by atoms with Crippen LogP contribution in [0.25, 0.3) is 10.8 Å². The maximum atomic E-state index is 13.7. The van der Waals surface area contributed by atoms with Gasteiger partial charge in [-0.3, -0.25) is 14.6 Å². The van der Waals surface area contributed by atoms with Crippen molar-refractivity contribution in [1.82, 2.24) is 15.2 Å². The van der Waals surface area contributed by atoms with Crippen molar-refractivity contribution in [2.75, 3.05) is 13.1 Å². The van der Waals surface area contributed by atoms with Crippen molar-refractivity contribution < 1.29 is 9.59 Å². The maximum Gasteiger partial charge on any atom is 0.254 e. The molecule has 1 saturated heterocycles. The fraction of sp³-hybridized carbons (Fsp3) is 0.393. The van der Waals surface area contributed by atoms with Crippen LogP contribution in [0.5, 0.6) is 0 Å². The molecule has 33 heavy (non-hydrogen) atoms. The van der Waals surface area contributed by atoms with E-state index in [1.807, 2.05) is 54.6 Å². The monoisotopic (exact) mass is 441 g/mol. The molecule has 1 aromatic heterocycles. The number of nitrogens with one attached hydrogen (secondary N) is 1. The molecule has 2 aliphatic rings. The molecule has 3 aromatic rings.